The maximum absolute atomic E-state index is 12.6. The van der Waals surface area contributed by atoms with Crippen molar-refractivity contribution in [3.63, 3.8) is 0 Å². The fourth-order valence-electron chi connectivity index (χ4n) is 3.27. The number of esters is 1. The van der Waals surface area contributed by atoms with Crippen molar-refractivity contribution in [2.75, 3.05) is 20.3 Å². The molecule has 1 atom stereocenters. The molecule has 0 saturated carbocycles. The minimum atomic E-state index is -3.65. The molecule has 10 heteroatoms. The van der Waals surface area contributed by atoms with E-state index in [0.717, 1.165) is 11.1 Å². The number of methoxy groups -OCH3 is 1. The van der Waals surface area contributed by atoms with Crippen LogP contribution in [-0.4, -0.2) is 46.6 Å². The van der Waals surface area contributed by atoms with E-state index in [1.54, 1.807) is 6.07 Å². The smallest absolute Gasteiger partial charge is 0.307 e. The van der Waals surface area contributed by atoms with E-state index in [0.29, 0.717) is 23.6 Å². The van der Waals surface area contributed by atoms with Crippen LogP contribution in [0, 0.1) is 0 Å². The lowest BCUT2D eigenvalue weighted by molar-refractivity contribution is -0.140. The third kappa shape index (κ3) is 6.43. The van der Waals surface area contributed by atoms with Crippen molar-refractivity contribution in [3.8, 4) is 5.75 Å². The summed E-state index contributed by atoms with van der Waals surface area (Å²) in [7, 11) is -2.37. The number of hydrogen-bond acceptors (Lipinski definition) is 6. The Balaban J connectivity index is 1.52. The van der Waals surface area contributed by atoms with Crippen LogP contribution in [0.1, 0.15) is 17.5 Å². The molecule has 2 aromatic rings. The molecular formula is C21H23ClN2O6S. The zero-order chi connectivity index (χ0) is 22.4. The largest absolute Gasteiger partial charge is 0.484 e. The first-order valence-corrected chi connectivity index (χ1v) is 11.5. The highest BCUT2D eigenvalue weighted by Gasteiger charge is 2.27. The zero-order valence-corrected chi connectivity index (χ0v) is 18.5. The Kier molecular flexibility index (Phi) is 7.53. The van der Waals surface area contributed by atoms with Gasteiger partial charge in [-0.3, -0.25) is 9.59 Å². The summed E-state index contributed by atoms with van der Waals surface area (Å²) < 4.78 is 37.9. The molecule has 0 heterocycles. The van der Waals surface area contributed by atoms with Gasteiger partial charge in [-0.25, -0.2) is 13.1 Å². The molecule has 0 bridgehead atoms. The minimum Gasteiger partial charge on any atom is -0.484 e. The van der Waals surface area contributed by atoms with Crippen LogP contribution < -0.4 is 14.8 Å². The van der Waals surface area contributed by atoms with Crippen molar-refractivity contribution < 1.29 is 27.5 Å². The van der Waals surface area contributed by atoms with Gasteiger partial charge in [0.15, 0.2) is 6.61 Å². The number of benzene rings is 2. The molecule has 1 amide bonds. The number of nitrogens with one attached hydrogen (secondary N) is 2. The Morgan fingerprint density at radius 3 is 2.52 bits per heavy atom. The van der Waals surface area contributed by atoms with E-state index in [-0.39, 0.29) is 36.4 Å². The van der Waals surface area contributed by atoms with E-state index in [4.69, 9.17) is 16.3 Å². The summed E-state index contributed by atoms with van der Waals surface area (Å²) >= 11 is 5.83. The number of hydrogen-bond donors (Lipinski definition) is 2. The summed E-state index contributed by atoms with van der Waals surface area (Å²) in [5.74, 6) is -0.234. The van der Waals surface area contributed by atoms with Crippen LogP contribution in [0.4, 0.5) is 0 Å². The molecule has 1 unspecified atom stereocenters. The number of amides is 1. The number of sulfonamides is 1. The van der Waals surface area contributed by atoms with Gasteiger partial charge in [-0.2, -0.15) is 0 Å². The van der Waals surface area contributed by atoms with E-state index in [1.807, 2.05) is 12.1 Å². The van der Waals surface area contributed by atoms with Gasteiger partial charge in [-0.05, 0) is 60.4 Å². The van der Waals surface area contributed by atoms with Gasteiger partial charge in [-0.15, -0.1) is 0 Å². The Bertz CT molecular complexity index is 1060. The number of rotatable bonds is 9. The van der Waals surface area contributed by atoms with Crippen LogP contribution in [0.5, 0.6) is 5.75 Å². The number of carbonyl (C=O) groups is 2. The highest BCUT2D eigenvalue weighted by molar-refractivity contribution is 7.89. The third-order valence-corrected chi connectivity index (χ3v) is 6.59. The summed E-state index contributed by atoms with van der Waals surface area (Å²) in [4.78, 5) is 23.0. The molecule has 0 radical (unpaired) electrons. The van der Waals surface area contributed by atoms with E-state index >= 15 is 0 Å². The molecule has 31 heavy (non-hydrogen) atoms. The zero-order valence-electron chi connectivity index (χ0n) is 16.9. The van der Waals surface area contributed by atoms with Crippen LogP contribution in [-0.2, 0) is 37.2 Å². The van der Waals surface area contributed by atoms with Gasteiger partial charge < -0.3 is 14.8 Å². The van der Waals surface area contributed by atoms with Crippen molar-refractivity contribution in [2.45, 2.75) is 30.2 Å². The summed E-state index contributed by atoms with van der Waals surface area (Å²) in [6.07, 6.45) is 1.18. The Hall–Kier alpha value is -2.62. The summed E-state index contributed by atoms with van der Waals surface area (Å²) in [5, 5.41) is 3.04. The van der Waals surface area contributed by atoms with E-state index < -0.39 is 16.0 Å². The average molecular weight is 467 g/mol. The van der Waals surface area contributed by atoms with Crippen LogP contribution in [0.25, 0.3) is 0 Å². The second-order valence-corrected chi connectivity index (χ2v) is 9.23. The first-order valence-electron chi connectivity index (χ1n) is 9.63. The number of carbonyl (C=O) groups excluding carboxylic acids is 2. The number of fused-ring (bicyclic) bond motifs is 1. The number of halogens is 1. The van der Waals surface area contributed by atoms with Gasteiger partial charge in [0.1, 0.15) is 5.75 Å². The first kappa shape index (κ1) is 23.1. The second-order valence-electron chi connectivity index (χ2n) is 7.08. The van der Waals surface area contributed by atoms with Crippen molar-refractivity contribution in [2.24, 2.45) is 0 Å². The Labute approximate surface area is 185 Å². The monoisotopic (exact) mass is 466 g/mol. The van der Waals surface area contributed by atoms with Gasteiger partial charge in [0.25, 0.3) is 5.91 Å². The highest BCUT2D eigenvalue weighted by Crippen LogP contribution is 2.27. The minimum absolute atomic E-state index is 0.0917. The van der Waals surface area contributed by atoms with Gasteiger partial charge in [0.2, 0.25) is 10.0 Å². The van der Waals surface area contributed by atoms with Gasteiger partial charge in [0.05, 0.1) is 18.4 Å². The highest BCUT2D eigenvalue weighted by atomic mass is 35.5. The molecule has 0 aromatic heterocycles. The molecule has 1 aliphatic carbocycles. The molecule has 166 valence electrons. The van der Waals surface area contributed by atoms with E-state index in [9.17, 15) is 18.0 Å². The van der Waals surface area contributed by atoms with Gasteiger partial charge >= 0.3 is 5.97 Å². The Morgan fingerprint density at radius 1 is 1.10 bits per heavy atom. The summed E-state index contributed by atoms with van der Waals surface area (Å²) in [6.45, 7) is -0.0128. The molecule has 3 rings (SSSR count). The molecular weight excluding hydrogens is 444 g/mol. The molecule has 0 saturated heterocycles. The average Bonchev–Trinajstić information content (AvgIpc) is 3.13. The molecule has 0 spiro atoms. The van der Waals surface area contributed by atoms with Gasteiger partial charge in [0, 0.05) is 17.6 Å². The lowest BCUT2D eigenvalue weighted by Gasteiger charge is -2.12. The van der Waals surface area contributed by atoms with Crippen molar-refractivity contribution in [1.29, 1.82) is 0 Å². The lowest BCUT2D eigenvalue weighted by atomic mass is 10.1. The quantitative estimate of drug-likeness (QED) is 0.545. The summed E-state index contributed by atoms with van der Waals surface area (Å²) in [5.41, 5.74) is 1.99. The number of ether oxygens (including phenoxy) is 2. The van der Waals surface area contributed by atoms with E-state index in [1.165, 1.54) is 31.4 Å². The molecule has 1 aliphatic rings. The second kappa shape index (κ2) is 10.1. The SMILES string of the molecule is COC(=O)CCNC(=O)COc1ccc2c(c1)CC(NS(=O)(=O)c1ccc(Cl)cc1)C2. The molecule has 2 N–H and O–H groups in total. The normalized spacial score (nSPS) is 15.2. The maximum atomic E-state index is 12.6. The molecule has 0 fully saturated rings. The van der Waals surface area contributed by atoms with Crippen molar-refractivity contribution in [3.05, 3.63) is 58.6 Å². The standard InChI is InChI=1S/C21H23ClN2O6S/c1-29-21(26)8-9-23-20(25)13-30-18-5-2-14-10-17(11-15(14)12-18)24-31(27,28)19-6-3-16(22)4-7-19/h2-7,12,17,24H,8-11,13H2,1H3,(H,23,25). The van der Waals surface area contributed by atoms with Crippen LogP contribution in [0.2, 0.25) is 5.02 Å². The molecule has 2 aromatic carbocycles. The predicted molar refractivity (Wildman–Crippen MR) is 115 cm³/mol. The topological polar surface area (TPSA) is 111 Å². The van der Waals surface area contributed by atoms with Crippen molar-refractivity contribution in [1.82, 2.24) is 10.0 Å². The molecule has 0 aliphatic heterocycles. The maximum Gasteiger partial charge on any atom is 0.307 e. The first-order chi connectivity index (χ1) is 14.8. The third-order valence-electron chi connectivity index (χ3n) is 4.81. The Morgan fingerprint density at radius 2 is 1.81 bits per heavy atom. The summed E-state index contributed by atoms with van der Waals surface area (Å²) in [6, 6.07) is 11.2. The molecule has 8 nitrogen and oxygen atoms in total. The fourth-order valence-corrected chi connectivity index (χ4v) is 4.64. The fraction of sp³-hybridized carbons (Fsp3) is 0.333. The predicted octanol–water partition coefficient (Wildman–Crippen LogP) is 1.84. The van der Waals surface area contributed by atoms with Crippen LogP contribution in [0.3, 0.4) is 0 Å². The van der Waals surface area contributed by atoms with Crippen LogP contribution in [0.15, 0.2) is 47.4 Å². The lowest BCUT2D eigenvalue weighted by Crippen LogP contribution is -2.35. The van der Waals surface area contributed by atoms with Crippen molar-refractivity contribution >= 4 is 33.5 Å². The van der Waals surface area contributed by atoms with E-state index in [2.05, 4.69) is 14.8 Å². The van der Waals surface area contributed by atoms with Gasteiger partial charge in [-0.1, -0.05) is 17.7 Å². The van der Waals surface area contributed by atoms with Crippen LogP contribution >= 0.6 is 11.6 Å².